The summed E-state index contributed by atoms with van der Waals surface area (Å²) in [7, 11) is 1.73. The number of nitrogens with zero attached hydrogens (tertiary/aromatic N) is 2. The monoisotopic (exact) mass is 292 g/mol. The van der Waals surface area contributed by atoms with Crippen LogP contribution in [0, 0.1) is 24.7 Å². The van der Waals surface area contributed by atoms with Gasteiger partial charge in [0.1, 0.15) is 11.4 Å². The van der Waals surface area contributed by atoms with E-state index >= 15 is 0 Å². The average Bonchev–Trinajstić information content (AvgIpc) is 3.03. The van der Waals surface area contributed by atoms with Gasteiger partial charge in [0.05, 0.1) is 11.6 Å². The molecule has 4 atom stereocenters. The fourth-order valence-corrected chi connectivity index (χ4v) is 4.13. The molecule has 7 nitrogen and oxygen atoms in total. The number of primary amides is 1. The molecular weight excluding hydrogens is 272 g/mol. The fourth-order valence-electron chi connectivity index (χ4n) is 4.13. The Kier molecular flexibility index (Phi) is 3.15. The van der Waals surface area contributed by atoms with E-state index in [9.17, 15) is 14.7 Å². The molecule has 4 N–H and O–H groups in total. The fraction of sp³-hybridized carbons (Fsp3) is 0.643. The van der Waals surface area contributed by atoms with Crippen LogP contribution in [-0.4, -0.2) is 32.8 Å². The van der Waals surface area contributed by atoms with Gasteiger partial charge in [0.2, 0.25) is 0 Å². The van der Waals surface area contributed by atoms with Crippen molar-refractivity contribution in [3.05, 3.63) is 11.3 Å². The Morgan fingerprint density at radius 2 is 2.05 bits per heavy atom. The van der Waals surface area contributed by atoms with Crippen LogP contribution < -0.4 is 11.1 Å². The van der Waals surface area contributed by atoms with Crippen LogP contribution in [0.4, 0.5) is 5.82 Å². The van der Waals surface area contributed by atoms with Gasteiger partial charge in [-0.25, -0.2) is 0 Å². The number of carbonyl (C=O) groups excluding carboxylic acids is 1. The van der Waals surface area contributed by atoms with Crippen molar-refractivity contribution in [3.8, 4) is 0 Å². The first-order valence-corrected chi connectivity index (χ1v) is 7.23. The van der Waals surface area contributed by atoms with E-state index in [1.807, 2.05) is 0 Å². The van der Waals surface area contributed by atoms with Crippen molar-refractivity contribution in [1.82, 2.24) is 9.78 Å². The van der Waals surface area contributed by atoms with Crippen molar-refractivity contribution in [2.75, 3.05) is 5.32 Å². The summed E-state index contributed by atoms with van der Waals surface area (Å²) in [6.45, 7) is 1.72. The number of hydrogen-bond acceptors (Lipinski definition) is 4. The molecule has 4 unspecified atom stereocenters. The van der Waals surface area contributed by atoms with Gasteiger partial charge in [0, 0.05) is 13.1 Å². The second-order valence-electron chi connectivity index (χ2n) is 6.16. The van der Waals surface area contributed by atoms with Crippen molar-refractivity contribution < 1.29 is 14.7 Å². The van der Waals surface area contributed by atoms with Crippen molar-refractivity contribution in [2.24, 2.45) is 30.5 Å². The lowest BCUT2D eigenvalue weighted by atomic mass is 9.84. The van der Waals surface area contributed by atoms with Gasteiger partial charge in [0.25, 0.3) is 5.91 Å². The molecule has 2 bridgehead atoms. The lowest BCUT2D eigenvalue weighted by Gasteiger charge is -2.29. The summed E-state index contributed by atoms with van der Waals surface area (Å²) < 4.78 is 1.57. The van der Waals surface area contributed by atoms with Gasteiger partial charge in [-0.05, 0) is 38.0 Å². The standard InChI is InChI=1S/C14H20N4O3/c1-6-9(12(15)19)13(18(2)17-6)16-11-8-4-3-7(5-8)10(11)14(20)21/h7-8,10-11,16H,3-5H2,1-2H3,(H2,15,19)(H,20,21). The summed E-state index contributed by atoms with van der Waals surface area (Å²) in [5.41, 5.74) is 6.33. The normalized spacial score (nSPS) is 30.6. The van der Waals surface area contributed by atoms with Gasteiger partial charge >= 0.3 is 5.97 Å². The number of rotatable bonds is 4. The van der Waals surface area contributed by atoms with Gasteiger partial charge < -0.3 is 16.2 Å². The van der Waals surface area contributed by atoms with Crippen LogP contribution in [0.25, 0.3) is 0 Å². The number of carboxylic acids is 1. The van der Waals surface area contributed by atoms with Gasteiger partial charge in [-0.3, -0.25) is 14.3 Å². The first-order valence-electron chi connectivity index (χ1n) is 7.23. The summed E-state index contributed by atoms with van der Waals surface area (Å²) in [4.78, 5) is 23.2. The molecule has 1 amide bonds. The maximum atomic E-state index is 11.6. The first-order chi connectivity index (χ1) is 9.90. The van der Waals surface area contributed by atoms with Crippen molar-refractivity contribution >= 4 is 17.7 Å². The Hall–Kier alpha value is -2.05. The molecule has 2 saturated carbocycles. The highest BCUT2D eigenvalue weighted by atomic mass is 16.4. The molecule has 2 aliphatic rings. The first kappa shape index (κ1) is 13.9. The van der Waals surface area contributed by atoms with Crippen LogP contribution in [0.1, 0.15) is 35.3 Å². The van der Waals surface area contributed by atoms with Crippen LogP contribution in [0.3, 0.4) is 0 Å². The summed E-state index contributed by atoms with van der Waals surface area (Å²) in [5.74, 6) is -0.607. The largest absolute Gasteiger partial charge is 0.481 e. The van der Waals surface area contributed by atoms with E-state index in [4.69, 9.17) is 5.73 Å². The molecule has 0 spiro atoms. The van der Waals surface area contributed by atoms with E-state index in [0.717, 1.165) is 19.3 Å². The van der Waals surface area contributed by atoms with E-state index in [-0.39, 0.29) is 12.0 Å². The van der Waals surface area contributed by atoms with Crippen molar-refractivity contribution in [1.29, 1.82) is 0 Å². The molecule has 21 heavy (non-hydrogen) atoms. The number of aromatic nitrogens is 2. The van der Waals surface area contributed by atoms with Crippen LogP contribution in [-0.2, 0) is 11.8 Å². The lowest BCUT2D eigenvalue weighted by molar-refractivity contribution is -0.143. The molecule has 3 rings (SSSR count). The number of carbonyl (C=O) groups is 2. The number of amides is 1. The second kappa shape index (κ2) is 4.75. The number of aryl methyl sites for hydroxylation is 2. The van der Waals surface area contributed by atoms with Gasteiger partial charge in [0.15, 0.2) is 0 Å². The number of aliphatic carboxylic acids is 1. The topological polar surface area (TPSA) is 110 Å². The van der Waals surface area contributed by atoms with Crippen LogP contribution in [0.5, 0.6) is 0 Å². The van der Waals surface area contributed by atoms with Crippen molar-refractivity contribution in [3.63, 3.8) is 0 Å². The Morgan fingerprint density at radius 3 is 2.67 bits per heavy atom. The maximum Gasteiger partial charge on any atom is 0.308 e. The number of hydrogen-bond donors (Lipinski definition) is 3. The third-order valence-electron chi connectivity index (χ3n) is 4.97. The Balaban J connectivity index is 1.93. The molecule has 0 saturated heterocycles. The minimum atomic E-state index is -0.765. The molecular formula is C14H20N4O3. The highest BCUT2D eigenvalue weighted by Crippen LogP contribution is 2.49. The van der Waals surface area contributed by atoms with E-state index < -0.39 is 17.8 Å². The minimum Gasteiger partial charge on any atom is -0.481 e. The number of nitrogens with one attached hydrogen (secondary N) is 1. The van der Waals surface area contributed by atoms with Crippen LogP contribution in [0.15, 0.2) is 0 Å². The van der Waals surface area contributed by atoms with E-state index in [1.165, 1.54) is 0 Å². The molecule has 114 valence electrons. The summed E-state index contributed by atoms with van der Waals surface area (Å²) in [6.07, 6.45) is 2.96. The Labute approximate surface area is 122 Å². The lowest BCUT2D eigenvalue weighted by Crippen LogP contribution is -2.40. The number of anilines is 1. The summed E-state index contributed by atoms with van der Waals surface area (Å²) in [6, 6.07) is -0.158. The SMILES string of the molecule is Cc1nn(C)c(NC2C3CCC(C3)C2C(=O)O)c1C(N)=O. The molecule has 1 heterocycles. The highest BCUT2D eigenvalue weighted by Gasteiger charge is 2.51. The zero-order valence-corrected chi connectivity index (χ0v) is 12.2. The molecule has 0 radical (unpaired) electrons. The molecule has 1 aromatic heterocycles. The van der Waals surface area contributed by atoms with Gasteiger partial charge in [-0.2, -0.15) is 5.10 Å². The third-order valence-corrected chi connectivity index (χ3v) is 4.97. The predicted octanol–water partition coefficient (Wildman–Crippen LogP) is 0.739. The number of carboxylic acid groups (broad SMARTS) is 1. The summed E-state index contributed by atoms with van der Waals surface area (Å²) >= 11 is 0. The number of fused-ring (bicyclic) bond motifs is 2. The van der Waals surface area contributed by atoms with Crippen molar-refractivity contribution in [2.45, 2.75) is 32.2 Å². The molecule has 7 heteroatoms. The molecule has 1 aromatic rings. The third kappa shape index (κ3) is 2.07. The predicted molar refractivity (Wildman–Crippen MR) is 75.8 cm³/mol. The molecule has 2 fully saturated rings. The van der Waals surface area contributed by atoms with E-state index in [0.29, 0.717) is 23.0 Å². The Morgan fingerprint density at radius 1 is 1.38 bits per heavy atom. The van der Waals surface area contributed by atoms with E-state index in [1.54, 1.807) is 18.7 Å². The Bertz CT molecular complexity index is 610. The average molecular weight is 292 g/mol. The molecule has 2 aliphatic carbocycles. The van der Waals surface area contributed by atoms with Gasteiger partial charge in [-0.15, -0.1) is 0 Å². The number of nitrogens with two attached hydrogens (primary N) is 1. The molecule has 0 aliphatic heterocycles. The quantitative estimate of drug-likeness (QED) is 0.758. The minimum absolute atomic E-state index is 0.158. The van der Waals surface area contributed by atoms with Crippen LogP contribution >= 0.6 is 0 Å². The smallest absolute Gasteiger partial charge is 0.308 e. The van der Waals surface area contributed by atoms with E-state index in [2.05, 4.69) is 10.4 Å². The van der Waals surface area contributed by atoms with Gasteiger partial charge in [-0.1, -0.05) is 0 Å². The second-order valence-corrected chi connectivity index (χ2v) is 6.16. The zero-order valence-electron chi connectivity index (χ0n) is 12.2. The van der Waals surface area contributed by atoms with Crippen LogP contribution in [0.2, 0.25) is 0 Å². The molecule has 0 aromatic carbocycles. The highest BCUT2D eigenvalue weighted by molar-refractivity contribution is 5.99. The maximum absolute atomic E-state index is 11.6. The summed E-state index contributed by atoms with van der Waals surface area (Å²) in [5, 5.41) is 17.0. The zero-order chi connectivity index (χ0) is 15.3.